The first kappa shape index (κ1) is 16.0. The second-order valence-electron chi connectivity index (χ2n) is 4.94. The zero-order chi connectivity index (χ0) is 16.4. The third kappa shape index (κ3) is 2.80. The standard InChI is InChI=1S/C13H18N4O5/c1-4-22-9(19)5-8(18)6-17-7-14-11-10(17)12(20)16(3)13(21)15(11)2/h7-8,18H,4-6H2,1-3H3/t8-/m0/s1. The Morgan fingerprint density at radius 3 is 2.68 bits per heavy atom. The Labute approximate surface area is 125 Å². The summed E-state index contributed by atoms with van der Waals surface area (Å²) < 4.78 is 8.42. The number of carbonyl (C=O) groups is 1. The van der Waals surface area contributed by atoms with E-state index in [1.54, 1.807) is 6.92 Å². The summed E-state index contributed by atoms with van der Waals surface area (Å²) in [5.74, 6) is -0.514. The summed E-state index contributed by atoms with van der Waals surface area (Å²) in [7, 11) is 2.88. The summed E-state index contributed by atoms with van der Waals surface area (Å²) in [5.41, 5.74) is -0.544. The van der Waals surface area contributed by atoms with Crippen molar-refractivity contribution in [3.8, 4) is 0 Å². The molecule has 0 aliphatic rings. The Morgan fingerprint density at radius 1 is 1.36 bits per heavy atom. The van der Waals surface area contributed by atoms with Crippen molar-refractivity contribution >= 4 is 17.1 Å². The van der Waals surface area contributed by atoms with Crippen molar-refractivity contribution in [3.63, 3.8) is 0 Å². The molecule has 0 aliphatic carbocycles. The van der Waals surface area contributed by atoms with Crippen molar-refractivity contribution in [2.24, 2.45) is 14.1 Å². The summed E-state index contributed by atoms with van der Waals surface area (Å²) in [6.45, 7) is 1.92. The van der Waals surface area contributed by atoms with E-state index in [1.165, 1.54) is 29.6 Å². The van der Waals surface area contributed by atoms with E-state index in [4.69, 9.17) is 4.74 Å². The van der Waals surface area contributed by atoms with E-state index in [0.717, 1.165) is 4.57 Å². The highest BCUT2D eigenvalue weighted by Gasteiger charge is 2.18. The van der Waals surface area contributed by atoms with Crippen LogP contribution in [0.25, 0.3) is 11.2 Å². The molecule has 1 atom stereocenters. The van der Waals surface area contributed by atoms with Crippen LogP contribution in [0.3, 0.4) is 0 Å². The molecule has 2 aromatic rings. The van der Waals surface area contributed by atoms with Gasteiger partial charge in [0.05, 0.1) is 32.0 Å². The Balaban J connectivity index is 2.36. The van der Waals surface area contributed by atoms with Gasteiger partial charge in [0.15, 0.2) is 11.2 Å². The number of fused-ring (bicyclic) bond motifs is 1. The predicted octanol–water partition coefficient (Wildman–Crippen LogP) is -1.25. The van der Waals surface area contributed by atoms with Crippen LogP contribution in [-0.2, 0) is 30.2 Å². The third-order valence-electron chi connectivity index (χ3n) is 3.33. The number of ether oxygens (including phenoxy) is 1. The zero-order valence-corrected chi connectivity index (χ0v) is 12.6. The Morgan fingerprint density at radius 2 is 2.05 bits per heavy atom. The van der Waals surface area contributed by atoms with Crippen molar-refractivity contribution in [1.82, 2.24) is 18.7 Å². The predicted molar refractivity (Wildman–Crippen MR) is 77.5 cm³/mol. The summed E-state index contributed by atoms with van der Waals surface area (Å²) in [5, 5.41) is 9.93. The van der Waals surface area contributed by atoms with E-state index in [9.17, 15) is 19.5 Å². The van der Waals surface area contributed by atoms with Gasteiger partial charge in [-0.1, -0.05) is 0 Å². The molecule has 2 aromatic heterocycles. The minimum atomic E-state index is -1.02. The lowest BCUT2D eigenvalue weighted by Crippen LogP contribution is -2.37. The van der Waals surface area contributed by atoms with Gasteiger partial charge in [-0.05, 0) is 6.92 Å². The van der Waals surface area contributed by atoms with Crippen LogP contribution in [0.15, 0.2) is 15.9 Å². The molecular weight excluding hydrogens is 292 g/mol. The van der Waals surface area contributed by atoms with Gasteiger partial charge in [0.1, 0.15) is 0 Å². The van der Waals surface area contributed by atoms with Crippen LogP contribution in [0, 0.1) is 0 Å². The average molecular weight is 310 g/mol. The molecule has 2 rings (SSSR count). The summed E-state index contributed by atoms with van der Waals surface area (Å²) in [4.78, 5) is 39.4. The molecule has 9 heteroatoms. The fraction of sp³-hybridized carbons (Fsp3) is 0.538. The molecule has 1 N–H and O–H groups in total. The number of aliphatic hydroxyl groups excluding tert-OH is 1. The maximum Gasteiger partial charge on any atom is 0.332 e. The number of nitrogens with zero attached hydrogens (tertiary/aromatic N) is 4. The lowest BCUT2D eigenvalue weighted by Gasteiger charge is -2.11. The molecule has 2 heterocycles. The second kappa shape index (κ2) is 6.14. The van der Waals surface area contributed by atoms with Gasteiger partial charge in [-0.3, -0.25) is 18.7 Å². The fourth-order valence-electron chi connectivity index (χ4n) is 2.24. The molecule has 0 radical (unpaired) electrons. The Hall–Kier alpha value is -2.42. The Bertz CT molecular complexity index is 816. The quantitative estimate of drug-likeness (QED) is 0.691. The molecule has 0 aliphatic heterocycles. The molecule has 9 nitrogen and oxygen atoms in total. The number of hydrogen-bond acceptors (Lipinski definition) is 6. The normalized spacial score (nSPS) is 12.5. The molecule has 0 aromatic carbocycles. The first-order valence-electron chi connectivity index (χ1n) is 6.81. The number of rotatable bonds is 5. The van der Waals surface area contributed by atoms with E-state index >= 15 is 0 Å². The molecule has 0 fully saturated rings. The number of imidazole rings is 1. The number of aliphatic hydroxyl groups is 1. The van der Waals surface area contributed by atoms with Gasteiger partial charge in [-0.25, -0.2) is 9.78 Å². The van der Waals surface area contributed by atoms with Crippen molar-refractivity contribution in [3.05, 3.63) is 27.2 Å². The lowest BCUT2D eigenvalue weighted by molar-refractivity contribution is -0.145. The minimum Gasteiger partial charge on any atom is -0.466 e. The zero-order valence-electron chi connectivity index (χ0n) is 12.6. The van der Waals surface area contributed by atoms with Crippen LogP contribution in [0.1, 0.15) is 13.3 Å². The molecule has 0 amide bonds. The van der Waals surface area contributed by atoms with E-state index in [0.29, 0.717) is 0 Å². The van der Waals surface area contributed by atoms with Gasteiger partial charge in [0.25, 0.3) is 5.56 Å². The number of aromatic nitrogens is 4. The first-order valence-corrected chi connectivity index (χ1v) is 6.81. The van der Waals surface area contributed by atoms with Crippen LogP contribution in [0.5, 0.6) is 0 Å². The van der Waals surface area contributed by atoms with Crippen molar-refractivity contribution < 1.29 is 14.6 Å². The van der Waals surface area contributed by atoms with Gasteiger partial charge in [0.2, 0.25) is 0 Å². The van der Waals surface area contributed by atoms with Crippen molar-refractivity contribution in [1.29, 1.82) is 0 Å². The minimum absolute atomic E-state index is 0.00274. The van der Waals surface area contributed by atoms with Crippen LogP contribution in [-0.4, -0.2) is 42.5 Å². The van der Waals surface area contributed by atoms with E-state index in [2.05, 4.69) is 4.98 Å². The largest absolute Gasteiger partial charge is 0.466 e. The molecule has 120 valence electrons. The second-order valence-corrected chi connectivity index (χ2v) is 4.94. The molecule has 0 unspecified atom stereocenters. The van der Waals surface area contributed by atoms with E-state index < -0.39 is 23.3 Å². The lowest BCUT2D eigenvalue weighted by atomic mass is 10.2. The molecule has 0 spiro atoms. The van der Waals surface area contributed by atoms with Crippen molar-refractivity contribution in [2.75, 3.05) is 6.61 Å². The van der Waals surface area contributed by atoms with Crippen molar-refractivity contribution in [2.45, 2.75) is 26.0 Å². The monoisotopic (exact) mass is 310 g/mol. The maximum atomic E-state index is 12.2. The first-order chi connectivity index (χ1) is 10.4. The van der Waals surface area contributed by atoms with Gasteiger partial charge >= 0.3 is 11.7 Å². The Kier molecular flexibility index (Phi) is 4.45. The highest BCUT2D eigenvalue weighted by molar-refractivity contribution is 5.71. The molecule has 0 saturated heterocycles. The van der Waals surface area contributed by atoms with E-state index in [1.807, 2.05) is 0 Å². The highest BCUT2D eigenvalue weighted by Crippen LogP contribution is 2.08. The molecule has 22 heavy (non-hydrogen) atoms. The maximum absolute atomic E-state index is 12.2. The SMILES string of the molecule is CCOC(=O)C[C@H](O)Cn1cnc2c1c(=O)n(C)c(=O)n2C. The van der Waals surface area contributed by atoms with Crippen LogP contribution in [0.4, 0.5) is 0 Å². The van der Waals surface area contributed by atoms with Gasteiger partial charge in [0, 0.05) is 14.1 Å². The summed E-state index contributed by atoms with van der Waals surface area (Å²) in [6, 6.07) is 0. The number of carbonyl (C=O) groups excluding carboxylic acids is 1. The summed E-state index contributed by atoms with van der Waals surface area (Å²) >= 11 is 0. The van der Waals surface area contributed by atoms with Crippen LogP contribution >= 0.6 is 0 Å². The molecular formula is C13H18N4O5. The smallest absolute Gasteiger partial charge is 0.332 e. The topological polar surface area (TPSA) is 108 Å². The fourth-order valence-corrected chi connectivity index (χ4v) is 2.24. The van der Waals surface area contributed by atoms with Gasteiger partial charge in [-0.15, -0.1) is 0 Å². The number of hydrogen-bond donors (Lipinski definition) is 1. The summed E-state index contributed by atoms with van der Waals surface area (Å²) in [6.07, 6.45) is 0.165. The molecule has 0 saturated carbocycles. The highest BCUT2D eigenvalue weighted by atomic mass is 16.5. The van der Waals surface area contributed by atoms with Gasteiger partial charge < -0.3 is 14.4 Å². The average Bonchev–Trinajstić information content (AvgIpc) is 2.86. The number of aryl methyl sites for hydroxylation is 1. The van der Waals surface area contributed by atoms with Crippen LogP contribution in [0.2, 0.25) is 0 Å². The van der Waals surface area contributed by atoms with Crippen LogP contribution < -0.4 is 11.2 Å². The van der Waals surface area contributed by atoms with Gasteiger partial charge in [-0.2, -0.15) is 0 Å². The van der Waals surface area contributed by atoms with E-state index in [-0.39, 0.29) is 30.7 Å². The third-order valence-corrected chi connectivity index (χ3v) is 3.33. The molecule has 0 bridgehead atoms. The number of esters is 1.